The summed E-state index contributed by atoms with van der Waals surface area (Å²) in [5.74, 6) is -0.0331. The molecule has 1 aromatic heterocycles. The molecule has 6 heteroatoms. The normalized spacial score (nSPS) is 25.4. The molecule has 1 aliphatic rings. The molecule has 0 aromatic carbocycles. The van der Waals surface area contributed by atoms with Gasteiger partial charge >= 0.3 is 0 Å². The second-order valence-electron chi connectivity index (χ2n) is 4.28. The first-order valence-electron chi connectivity index (χ1n) is 5.49. The highest BCUT2D eigenvalue weighted by Crippen LogP contribution is 2.22. The monoisotopic (exact) mass is 240 g/mol. The van der Waals surface area contributed by atoms with E-state index in [-0.39, 0.29) is 5.91 Å². The van der Waals surface area contributed by atoms with Gasteiger partial charge in [0.05, 0.1) is 17.9 Å². The van der Waals surface area contributed by atoms with Gasteiger partial charge in [-0.1, -0.05) is 0 Å². The van der Waals surface area contributed by atoms with Crippen molar-refractivity contribution in [3.63, 3.8) is 0 Å². The van der Waals surface area contributed by atoms with Crippen LogP contribution >= 0.6 is 11.7 Å². The minimum atomic E-state index is -0.0331. The highest BCUT2D eigenvalue weighted by molar-refractivity contribution is 6.99. The molecule has 0 atom stereocenters. The number of amides is 1. The second-order valence-corrected chi connectivity index (χ2v) is 4.83. The zero-order valence-electron chi connectivity index (χ0n) is 9.30. The van der Waals surface area contributed by atoms with Crippen LogP contribution in [0.1, 0.15) is 36.2 Å². The molecule has 1 aliphatic carbocycles. The predicted octanol–water partition coefficient (Wildman–Crippen LogP) is 0.880. The third-order valence-electron chi connectivity index (χ3n) is 3.19. The fourth-order valence-corrected chi connectivity index (χ4v) is 2.50. The van der Waals surface area contributed by atoms with Crippen molar-refractivity contribution in [3.05, 3.63) is 11.9 Å². The third-order valence-corrected chi connectivity index (χ3v) is 3.67. The van der Waals surface area contributed by atoms with Crippen molar-refractivity contribution in [1.82, 2.24) is 13.6 Å². The van der Waals surface area contributed by atoms with Gasteiger partial charge in [0.25, 0.3) is 5.91 Å². The third kappa shape index (κ3) is 2.38. The van der Waals surface area contributed by atoms with Crippen LogP contribution in [0.15, 0.2) is 6.20 Å². The average molecular weight is 240 g/mol. The number of aromatic nitrogens is 2. The summed E-state index contributed by atoms with van der Waals surface area (Å²) in [7, 11) is 1.84. The Morgan fingerprint density at radius 1 is 1.50 bits per heavy atom. The Morgan fingerprint density at radius 2 is 2.19 bits per heavy atom. The molecule has 1 aromatic rings. The number of carbonyl (C=O) groups is 1. The average Bonchev–Trinajstić information content (AvgIpc) is 2.81. The largest absolute Gasteiger partial charge is 0.337 e. The van der Waals surface area contributed by atoms with Crippen LogP contribution in [0.2, 0.25) is 0 Å². The van der Waals surface area contributed by atoms with E-state index >= 15 is 0 Å². The fourth-order valence-electron chi connectivity index (χ4n) is 2.09. The zero-order valence-corrected chi connectivity index (χ0v) is 10.1. The van der Waals surface area contributed by atoms with E-state index in [1.807, 2.05) is 7.05 Å². The van der Waals surface area contributed by atoms with Crippen molar-refractivity contribution in [1.29, 1.82) is 0 Å². The standard InChI is InChI=1S/C10H16N4OS/c1-14(8-4-2-7(11)3-5-8)10(15)9-6-12-16-13-9/h6-8H,2-5,11H2,1H3. The first-order valence-corrected chi connectivity index (χ1v) is 6.22. The molecule has 2 N–H and O–H groups in total. The quantitative estimate of drug-likeness (QED) is 0.833. The van der Waals surface area contributed by atoms with Crippen molar-refractivity contribution in [2.45, 2.75) is 37.8 Å². The van der Waals surface area contributed by atoms with Crippen LogP contribution in [-0.2, 0) is 0 Å². The van der Waals surface area contributed by atoms with Gasteiger partial charge < -0.3 is 10.6 Å². The number of nitrogens with zero attached hydrogens (tertiary/aromatic N) is 3. The van der Waals surface area contributed by atoms with Crippen molar-refractivity contribution >= 4 is 17.6 Å². The predicted molar refractivity (Wildman–Crippen MR) is 62.2 cm³/mol. The summed E-state index contributed by atoms with van der Waals surface area (Å²) < 4.78 is 7.81. The van der Waals surface area contributed by atoms with Crippen LogP contribution in [0.25, 0.3) is 0 Å². The zero-order chi connectivity index (χ0) is 11.5. The van der Waals surface area contributed by atoms with Crippen LogP contribution in [0, 0.1) is 0 Å². The molecule has 0 unspecified atom stereocenters. The van der Waals surface area contributed by atoms with Gasteiger partial charge in [-0.3, -0.25) is 4.79 Å². The molecule has 1 heterocycles. The van der Waals surface area contributed by atoms with E-state index in [1.165, 1.54) is 6.20 Å². The van der Waals surface area contributed by atoms with Gasteiger partial charge in [-0.05, 0) is 25.7 Å². The van der Waals surface area contributed by atoms with Gasteiger partial charge in [-0.15, -0.1) is 0 Å². The maximum atomic E-state index is 12.0. The summed E-state index contributed by atoms with van der Waals surface area (Å²) in [5.41, 5.74) is 6.29. The topological polar surface area (TPSA) is 72.1 Å². The van der Waals surface area contributed by atoms with Gasteiger partial charge in [0.15, 0.2) is 5.69 Å². The molecule has 1 fully saturated rings. The van der Waals surface area contributed by atoms with Crippen LogP contribution < -0.4 is 5.73 Å². The molecule has 5 nitrogen and oxygen atoms in total. The van der Waals surface area contributed by atoms with Gasteiger partial charge in [0.1, 0.15) is 0 Å². The Hall–Kier alpha value is -1.01. The number of hydrogen-bond acceptors (Lipinski definition) is 5. The van der Waals surface area contributed by atoms with Crippen LogP contribution in [-0.4, -0.2) is 38.7 Å². The minimum absolute atomic E-state index is 0.0331. The Balaban J connectivity index is 1.97. The van der Waals surface area contributed by atoms with Crippen LogP contribution in [0.3, 0.4) is 0 Å². The Kier molecular flexibility index (Phi) is 3.50. The van der Waals surface area contributed by atoms with Crippen LogP contribution in [0.4, 0.5) is 0 Å². The molecule has 0 saturated heterocycles. The summed E-state index contributed by atoms with van der Waals surface area (Å²) in [6.07, 6.45) is 5.50. The summed E-state index contributed by atoms with van der Waals surface area (Å²) in [6, 6.07) is 0.606. The molecule has 0 spiro atoms. The molecule has 1 amide bonds. The summed E-state index contributed by atoms with van der Waals surface area (Å²) in [4.78, 5) is 13.8. The lowest BCUT2D eigenvalue weighted by Gasteiger charge is -2.33. The molecule has 0 aliphatic heterocycles. The number of nitrogens with two attached hydrogens (primary N) is 1. The van der Waals surface area contributed by atoms with Gasteiger partial charge in [-0.2, -0.15) is 8.75 Å². The maximum absolute atomic E-state index is 12.0. The Labute approximate surface area is 99.0 Å². The Bertz CT molecular complexity index is 346. The van der Waals surface area contributed by atoms with Gasteiger partial charge in [0.2, 0.25) is 0 Å². The SMILES string of the molecule is CN(C(=O)c1cnsn1)C1CCC(N)CC1. The van der Waals surface area contributed by atoms with E-state index in [9.17, 15) is 4.79 Å². The lowest BCUT2D eigenvalue weighted by atomic mass is 9.91. The summed E-state index contributed by atoms with van der Waals surface area (Å²) in [6.45, 7) is 0. The maximum Gasteiger partial charge on any atom is 0.275 e. The minimum Gasteiger partial charge on any atom is -0.337 e. The van der Waals surface area contributed by atoms with E-state index in [1.54, 1.807) is 4.90 Å². The molecule has 0 bridgehead atoms. The van der Waals surface area contributed by atoms with Gasteiger partial charge in [0, 0.05) is 19.1 Å². The van der Waals surface area contributed by atoms with E-state index in [0.29, 0.717) is 17.8 Å². The van der Waals surface area contributed by atoms with E-state index < -0.39 is 0 Å². The van der Waals surface area contributed by atoms with E-state index in [0.717, 1.165) is 37.4 Å². The van der Waals surface area contributed by atoms with Crippen molar-refractivity contribution in [3.8, 4) is 0 Å². The van der Waals surface area contributed by atoms with Crippen molar-refractivity contribution in [2.24, 2.45) is 5.73 Å². The summed E-state index contributed by atoms with van der Waals surface area (Å²) >= 11 is 1.06. The highest BCUT2D eigenvalue weighted by Gasteiger charge is 2.26. The molecular formula is C10H16N4OS. The highest BCUT2D eigenvalue weighted by atomic mass is 32.1. The second kappa shape index (κ2) is 4.88. The molecule has 1 saturated carbocycles. The van der Waals surface area contributed by atoms with Gasteiger partial charge in [-0.25, -0.2) is 0 Å². The lowest BCUT2D eigenvalue weighted by Crippen LogP contribution is -2.41. The molecule has 0 radical (unpaired) electrons. The van der Waals surface area contributed by atoms with Crippen molar-refractivity contribution in [2.75, 3.05) is 7.05 Å². The first kappa shape index (κ1) is 11.5. The molecule has 2 rings (SSSR count). The Morgan fingerprint density at radius 3 is 2.75 bits per heavy atom. The van der Waals surface area contributed by atoms with E-state index in [2.05, 4.69) is 8.75 Å². The summed E-state index contributed by atoms with van der Waals surface area (Å²) in [5, 5.41) is 0. The lowest BCUT2D eigenvalue weighted by molar-refractivity contribution is 0.0685. The van der Waals surface area contributed by atoms with E-state index in [4.69, 9.17) is 5.73 Å². The molecule has 16 heavy (non-hydrogen) atoms. The number of carbonyl (C=O) groups excluding carboxylic acids is 1. The smallest absolute Gasteiger partial charge is 0.275 e. The first-order chi connectivity index (χ1) is 7.68. The van der Waals surface area contributed by atoms with Crippen molar-refractivity contribution < 1.29 is 4.79 Å². The molecule has 88 valence electrons. The van der Waals surface area contributed by atoms with Crippen LogP contribution in [0.5, 0.6) is 0 Å². The molecular weight excluding hydrogens is 224 g/mol. The fraction of sp³-hybridized carbons (Fsp3) is 0.700. The number of rotatable bonds is 2. The number of hydrogen-bond donors (Lipinski definition) is 1.